The second kappa shape index (κ2) is 7.05. The van der Waals surface area contributed by atoms with Crippen LogP contribution < -0.4 is 16.0 Å². The minimum atomic E-state index is -0.986. The lowest BCUT2D eigenvalue weighted by molar-refractivity contribution is -0.115. The molecule has 1 aliphatic heterocycles. The zero-order chi connectivity index (χ0) is 17.8. The van der Waals surface area contributed by atoms with E-state index in [2.05, 4.69) is 4.90 Å². The fraction of sp³-hybridized carbons (Fsp3) is 0.211. The predicted molar refractivity (Wildman–Crippen MR) is 96.7 cm³/mol. The minimum Gasteiger partial charge on any atom is -0.371 e. The summed E-state index contributed by atoms with van der Waals surface area (Å²) in [5.74, 6) is -0.803. The van der Waals surface area contributed by atoms with Crippen molar-refractivity contribution in [3.05, 3.63) is 47.5 Å². The molecule has 126 valence electrons. The van der Waals surface area contributed by atoms with Crippen LogP contribution in [0.5, 0.6) is 0 Å². The summed E-state index contributed by atoms with van der Waals surface area (Å²) in [7, 11) is 0. The molecular formula is C19H18N4O2. The Bertz CT molecular complexity index is 905. The summed E-state index contributed by atoms with van der Waals surface area (Å²) >= 11 is 0. The standard InChI is InChI=1S/C19H18N4O2/c20-12-14(18(24)22-19(21)25)11-13-7-8-17(23-9-3-4-10-23)16-6-2-1-5-15(13)16/h1-2,5-8,11H,3-4,9-10H2,(H3,21,22,24,25)/b14-11-. The summed E-state index contributed by atoms with van der Waals surface area (Å²) in [6.07, 6.45) is 3.85. The molecule has 0 unspecified atom stereocenters. The molecule has 3 N–H and O–H groups in total. The maximum atomic E-state index is 11.9. The molecule has 25 heavy (non-hydrogen) atoms. The van der Waals surface area contributed by atoms with E-state index in [0.29, 0.717) is 0 Å². The molecule has 0 bridgehead atoms. The van der Waals surface area contributed by atoms with Crippen LogP contribution in [0.25, 0.3) is 16.8 Å². The van der Waals surface area contributed by atoms with Crippen molar-refractivity contribution in [3.63, 3.8) is 0 Å². The second-order valence-corrected chi connectivity index (χ2v) is 5.90. The molecule has 6 nitrogen and oxygen atoms in total. The van der Waals surface area contributed by atoms with Crippen molar-refractivity contribution in [2.45, 2.75) is 12.8 Å². The van der Waals surface area contributed by atoms with Crippen LogP contribution in [0, 0.1) is 11.3 Å². The van der Waals surface area contributed by atoms with E-state index in [-0.39, 0.29) is 5.57 Å². The number of fused-ring (bicyclic) bond motifs is 1. The van der Waals surface area contributed by atoms with E-state index in [1.54, 1.807) is 0 Å². The molecule has 3 rings (SSSR count). The van der Waals surface area contributed by atoms with E-state index in [1.165, 1.54) is 18.9 Å². The third-order valence-corrected chi connectivity index (χ3v) is 4.28. The van der Waals surface area contributed by atoms with Crippen molar-refractivity contribution >= 4 is 34.5 Å². The van der Waals surface area contributed by atoms with Gasteiger partial charge in [-0.1, -0.05) is 30.3 Å². The third kappa shape index (κ3) is 3.45. The Kier molecular flexibility index (Phi) is 4.66. The van der Waals surface area contributed by atoms with Crippen LogP contribution in [0.1, 0.15) is 18.4 Å². The number of hydrogen-bond acceptors (Lipinski definition) is 4. The zero-order valence-electron chi connectivity index (χ0n) is 13.7. The van der Waals surface area contributed by atoms with Crippen LogP contribution in [0.3, 0.4) is 0 Å². The molecule has 3 amide bonds. The number of hydrogen-bond donors (Lipinski definition) is 2. The number of nitrogens with one attached hydrogen (secondary N) is 1. The molecule has 0 aliphatic carbocycles. The van der Waals surface area contributed by atoms with Crippen molar-refractivity contribution in [1.82, 2.24) is 5.32 Å². The van der Waals surface area contributed by atoms with Gasteiger partial charge in [-0.2, -0.15) is 5.26 Å². The predicted octanol–water partition coefficient (Wildman–Crippen LogP) is 2.54. The van der Waals surface area contributed by atoms with E-state index >= 15 is 0 Å². The van der Waals surface area contributed by atoms with Gasteiger partial charge in [-0.05, 0) is 35.9 Å². The molecule has 2 aromatic rings. The summed E-state index contributed by atoms with van der Waals surface area (Å²) in [4.78, 5) is 25.1. The maximum absolute atomic E-state index is 11.9. The topological polar surface area (TPSA) is 99.2 Å². The van der Waals surface area contributed by atoms with Gasteiger partial charge in [0.25, 0.3) is 5.91 Å². The van der Waals surface area contributed by atoms with Gasteiger partial charge in [0.15, 0.2) is 0 Å². The molecule has 1 saturated heterocycles. The van der Waals surface area contributed by atoms with Crippen molar-refractivity contribution in [2.24, 2.45) is 5.73 Å². The largest absolute Gasteiger partial charge is 0.371 e. The number of primary amides is 1. The van der Waals surface area contributed by atoms with Gasteiger partial charge < -0.3 is 10.6 Å². The van der Waals surface area contributed by atoms with Gasteiger partial charge in [0.1, 0.15) is 11.6 Å². The Hall–Kier alpha value is -3.33. The SMILES string of the molecule is N#C/C(=C/c1ccc(N2CCCC2)c2ccccc12)C(=O)NC(N)=O. The molecule has 1 heterocycles. The molecule has 0 radical (unpaired) electrons. The van der Waals surface area contributed by atoms with Crippen molar-refractivity contribution in [3.8, 4) is 6.07 Å². The van der Waals surface area contributed by atoms with Crippen LogP contribution in [-0.2, 0) is 4.79 Å². The van der Waals surface area contributed by atoms with Crippen molar-refractivity contribution < 1.29 is 9.59 Å². The van der Waals surface area contributed by atoms with E-state index in [0.717, 1.165) is 35.1 Å². The van der Waals surface area contributed by atoms with E-state index < -0.39 is 11.9 Å². The highest BCUT2D eigenvalue weighted by Crippen LogP contribution is 2.32. The molecule has 1 aliphatic rings. The Balaban J connectivity index is 2.07. The number of carbonyl (C=O) groups is 2. The number of rotatable bonds is 3. The Labute approximate surface area is 145 Å². The lowest BCUT2D eigenvalue weighted by Crippen LogP contribution is -2.35. The number of nitriles is 1. The number of imide groups is 1. The Morgan fingerprint density at radius 1 is 1.12 bits per heavy atom. The number of nitrogens with two attached hydrogens (primary N) is 1. The van der Waals surface area contributed by atoms with Gasteiger partial charge in [0.05, 0.1) is 0 Å². The average molecular weight is 334 g/mol. The van der Waals surface area contributed by atoms with Crippen LogP contribution in [0.4, 0.5) is 10.5 Å². The van der Waals surface area contributed by atoms with E-state index in [4.69, 9.17) is 5.73 Å². The smallest absolute Gasteiger partial charge is 0.319 e. The first-order valence-corrected chi connectivity index (χ1v) is 8.09. The van der Waals surface area contributed by atoms with Gasteiger partial charge in [0.2, 0.25) is 0 Å². The molecule has 2 aromatic carbocycles. The van der Waals surface area contributed by atoms with E-state index in [1.807, 2.05) is 47.8 Å². The third-order valence-electron chi connectivity index (χ3n) is 4.28. The average Bonchev–Trinajstić information content (AvgIpc) is 3.13. The summed E-state index contributed by atoms with van der Waals surface area (Å²) in [6, 6.07) is 12.6. The van der Waals surface area contributed by atoms with Gasteiger partial charge >= 0.3 is 6.03 Å². The first-order chi connectivity index (χ1) is 12.1. The molecule has 0 aromatic heterocycles. The second-order valence-electron chi connectivity index (χ2n) is 5.90. The number of benzene rings is 2. The molecule has 1 fully saturated rings. The number of nitrogens with zero attached hydrogens (tertiary/aromatic N) is 2. The monoisotopic (exact) mass is 334 g/mol. The van der Waals surface area contributed by atoms with Gasteiger partial charge in [-0.3, -0.25) is 10.1 Å². The molecular weight excluding hydrogens is 316 g/mol. The number of amides is 3. The Morgan fingerprint density at radius 3 is 2.44 bits per heavy atom. The number of anilines is 1. The van der Waals surface area contributed by atoms with Gasteiger partial charge in [0, 0.05) is 24.2 Å². The molecule has 0 spiro atoms. The molecule has 0 saturated carbocycles. The minimum absolute atomic E-state index is 0.169. The molecule has 6 heteroatoms. The summed E-state index contributed by atoms with van der Waals surface area (Å²) in [6.45, 7) is 2.06. The van der Waals surface area contributed by atoms with Gasteiger partial charge in [-0.25, -0.2) is 4.79 Å². The van der Waals surface area contributed by atoms with Crippen LogP contribution >= 0.6 is 0 Å². The maximum Gasteiger partial charge on any atom is 0.319 e. The van der Waals surface area contributed by atoms with Gasteiger partial charge in [-0.15, -0.1) is 0 Å². The lowest BCUT2D eigenvalue weighted by atomic mass is 10.00. The number of carbonyl (C=O) groups excluding carboxylic acids is 2. The van der Waals surface area contributed by atoms with Crippen LogP contribution in [-0.4, -0.2) is 25.0 Å². The zero-order valence-corrected chi connectivity index (χ0v) is 13.7. The summed E-state index contributed by atoms with van der Waals surface area (Å²) in [5.41, 5.74) is 6.68. The normalized spacial score (nSPS) is 14.4. The Morgan fingerprint density at radius 2 is 1.80 bits per heavy atom. The van der Waals surface area contributed by atoms with Crippen LogP contribution in [0.15, 0.2) is 42.0 Å². The van der Waals surface area contributed by atoms with Crippen molar-refractivity contribution in [2.75, 3.05) is 18.0 Å². The summed E-state index contributed by atoms with van der Waals surface area (Å²) in [5, 5.41) is 13.2. The van der Waals surface area contributed by atoms with Crippen molar-refractivity contribution in [1.29, 1.82) is 5.26 Å². The first kappa shape index (κ1) is 16.5. The summed E-state index contributed by atoms with van der Waals surface area (Å²) < 4.78 is 0. The highest BCUT2D eigenvalue weighted by atomic mass is 16.2. The lowest BCUT2D eigenvalue weighted by Gasteiger charge is -2.20. The van der Waals surface area contributed by atoms with E-state index in [9.17, 15) is 14.9 Å². The number of urea groups is 1. The highest BCUT2D eigenvalue weighted by Gasteiger charge is 2.16. The van der Waals surface area contributed by atoms with Crippen LogP contribution in [0.2, 0.25) is 0 Å². The first-order valence-electron chi connectivity index (χ1n) is 8.09. The fourth-order valence-electron chi connectivity index (χ4n) is 3.15. The molecule has 0 atom stereocenters. The highest BCUT2D eigenvalue weighted by molar-refractivity contribution is 6.10. The quantitative estimate of drug-likeness (QED) is 0.665. The fourth-order valence-corrected chi connectivity index (χ4v) is 3.15.